The molecular weight excluding hydrogens is 288 g/mol. The normalized spacial score (nSPS) is 11.3. The minimum Gasteiger partial charge on any atom is -0.497 e. The average molecular weight is 307 g/mol. The van der Waals surface area contributed by atoms with E-state index in [1.165, 1.54) is 0 Å². The molecule has 0 unspecified atom stereocenters. The number of benzene rings is 1. The van der Waals surface area contributed by atoms with E-state index in [0.29, 0.717) is 16.7 Å². The molecular formula is C16H19ClN2O2. The number of halogens is 1. The largest absolute Gasteiger partial charge is 0.497 e. The van der Waals surface area contributed by atoms with Crippen molar-refractivity contribution in [3.63, 3.8) is 0 Å². The molecule has 0 spiro atoms. The molecule has 0 aliphatic carbocycles. The number of rotatable bonds is 3. The van der Waals surface area contributed by atoms with Gasteiger partial charge in [0.1, 0.15) is 22.5 Å². The van der Waals surface area contributed by atoms with Gasteiger partial charge in [-0.25, -0.2) is 9.97 Å². The number of ether oxygens (including phenoxy) is 2. The molecule has 0 amide bonds. The first kappa shape index (κ1) is 15.6. The lowest BCUT2D eigenvalue weighted by atomic mass is 9.95. The van der Waals surface area contributed by atoms with Crippen LogP contribution in [0.25, 0.3) is 11.3 Å². The SMILES string of the molecule is COc1ccc(OC)c(-c2cc(Cl)nc(C(C)(C)C)n2)c1. The Hall–Kier alpha value is -1.81. The third-order valence-electron chi connectivity index (χ3n) is 3.05. The van der Waals surface area contributed by atoms with Crippen molar-refractivity contribution in [2.45, 2.75) is 26.2 Å². The van der Waals surface area contributed by atoms with E-state index in [9.17, 15) is 0 Å². The molecule has 0 fully saturated rings. The molecule has 21 heavy (non-hydrogen) atoms. The Morgan fingerprint density at radius 1 is 1.00 bits per heavy atom. The van der Waals surface area contributed by atoms with Crippen LogP contribution in [0.3, 0.4) is 0 Å². The molecule has 112 valence electrons. The van der Waals surface area contributed by atoms with E-state index in [4.69, 9.17) is 21.1 Å². The molecule has 0 bridgehead atoms. The third kappa shape index (κ3) is 3.45. The topological polar surface area (TPSA) is 44.2 Å². The molecule has 0 N–H and O–H groups in total. The van der Waals surface area contributed by atoms with Crippen LogP contribution in [0, 0.1) is 0 Å². The molecule has 1 aromatic carbocycles. The highest BCUT2D eigenvalue weighted by atomic mass is 35.5. The molecule has 5 heteroatoms. The molecule has 0 aliphatic rings. The summed E-state index contributed by atoms with van der Waals surface area (Å²) in [7, 11) is 3.25. The molecule has 2 rings (SSSR count). The van der Waals surface area contributed by atoms with Gasteiger partial charge in [-0.2, -0.15) is 0 Å². The fourth-order valence-corrected chi connectivity index (χ4v) is 2.09. The third-order valence-corrected chi connectivity index (χ3v) is 3.24. The van der Waals surface area contributed by atoms with Crippen molar-refractivity contribution in [1.82, 2.24) is 9.97 Å². The number of hydrogen-bond acceptors (Lipinski definition) is 4. The summed E-state index contributed by atoms with van der Waals surface area (Å²) in [5.74, 6) is 2.14. The molecule has 0 aliphatic heterocycles. The Morgan fingerprint density at radius 2 is 1.71 bits per heavy atom. The van der Waals surface area contributed by atoms with E-state index in [-0.39, 0.29) is 5.41 Å². The van der Waals surface area contributed by atoms with Crippen molar-refractivity contribution in [2.75, 3.05) is 14.2 Å². The molecule has 0 atom stereocenters. The monoisotopic (exact) mass is 306 g/mol. The van der Waals surface area contributed by atoms with Crippen molar-refractivity contribution in [3.8, 4) is 22.8 Å². The maximum absolute atomic E-state index is 6.15. The van der Waals surface area contributed by atoms with E-state index >= 15 is 0 Å². The first-order valence-electron chi connectivity index (χ1n) is 6.62. The second-order valence-corrected chi connectivity index (χ2v) is 6.10. The highest BCUT2D eigenvalue weighted by Gasteiger charge is 2.20. The van der Waals surface area contributed by atoms with Crippen molar-refractivity contribution < 1.29 is 9.47 Å². The summed E-state index contributed by atoms with van der Waals surface area (Å²) < 4.78 is 10.7. The van der Waals surface area contributed by atoms with Crippen LogP contribution in [0.15, 0.2) is 24.3 Å². The summed E-state index contributed by atoms with van der Waals surface area (Å²) in [5.41, 5.74) is 1.36. The van der Waals surface area contributed by atoms with Gasteiger partial charge in [0.05, 0.1) is 19.9 Å². The Morgan fingerprint density at radius 3 is 2.29 bits per heavy atom. The molecule has 1 aromatic heterocycles. The quantitative estimate of drug-likeness (QED) is 0.800. The Balaban J connectivity index is 2.63. The first-order chi connectivity index (χ1) is 9.85. The predicted octanol–water partition coefficient (Wildman–Crippen LogP) is 4.11. The highest BCUT2D eigenvalue weighted by molar-refractivity contribution is 6.29. The molecule has 0 radical (unpaired) electrons. The number of methoxy groups -OCH3 is 2. The van der Waals surface area contributed by atoms with Crippen molar-refractivity contribution in [2.24, 2.45) is 0 Å². The summed E-state index contributed by atoms with van der Waals surface area (Å²) in [6, 6.07) is 7.30. The lowest BCUT2D eigenvalue weighted by molar-refractivity contribution is 0.404. The van der Waals surface area contributed by atoms with Crippen molar-refractivity contribution in [3.05, 3.63) is 35.2 Å². The summed E-state index contributed by atoms with van der Waals surface area (Å²) in [6.45, 7) is 6.14. The zero-order valence-corrected chi connectivity index (χ0v) is 13.7. The Kier molecular flexibility index (Phi) is 4.37. The van der Waals surface area contributed by atoms with Gasteiger partial charge in [-0.15, -0.1) is 0 Å². The van der Waals surface area contributed by atoms with Gasteiger partial charge in [0.25, 0.3) is 0 Å². The van der Waals surface area contributed by atoms with Gasteiger partial charge in [0.15, 0.2) is 0 Å². The van der Waals surface area contributed by atoms with E-state index in [2.05, 4.69) is 9.97 Å². The molecule has 0 saturated carbocycles. The van der Waals surface area contributed by atoms with E-state index in [1.54, 1.807) is 20.3 Å². The van der Waals surface area contributed by atoms with Crippen LogP contribution in [0.1, 0.15) is 26.6 Å². The summed E-state index contributed by atoms with van der Waals surface area (Å²) in [5, 5.41) is 0.412. The van der Waals surface area contributed by atoms with E-state index < -0.39 is 0 Å². The van der Waals surface area contributed by atoms with Crippen LogP contribution < -0.4 is 9.47 Å². The smallest absolute Gasteiger partial charge is 0.136 e. The lowest BCUT2D eigenvalue weighted by Crippen LogP contribution is -2.16. The highest BCUT2D eigenvalue weighted by Crippen LogP contribution is 2.34. The number of hydrogen-bond donors (Lipinski definition) is 0. The minimum atomic E-state index is -0.189. The summed E-state index contributed by atoms with van der Waals surface area (Å²) in [4.78, 5) is 8.94. The maximum Gasteiger partial charge on any atom is 0.136 e. The van der Waals surface area contributed by atoms with Crippen molar-refractivity contribution in [1.29, 1.82) is 0 Å². The number of nitrogens with zero attached hydrogens (tertiary/aromatic N) is 2. The van der Waals surface area contributed by atoms with Gasteiger partial charge in [0, 0.05) is 17.0 Å². The lowest BCUT2D eigenvalue weighted by Gasteiger charge is -2.18. The predicted molar refractivity (Wildman–Crippen MR) is 84.3 cm³/mol. The van der Waals surface area contributed by atoms with Gasteiger partial charge < -0.3 is 9.47 Å². The van der Waals surface area contributed by atoms with Gasteiger partial charge >= 0.3 is 0 Å². The van der Waals surface area contributed by atoms with Crippen LogP contribution in [-0.4, -0.2) is 24.2 Å². The first-order valence-corrected chi connectivity index (χ1v) is 7.00. The van der Waals surface area contributed by atoms with Crippen molar-refractivity contribution >= 4 is 11.6 Å². The average Bonchev–Trinajstić information content (AvgIpc) is 2.45. The Bertz CT molecular complexity index is 651. The van der Waals surface area contributed by atoms with Gasteiger partial charge in [0.2, 0.25) is 0 Å². The van der Waals surface area contributed by atoms with Crippen LogP contribution in [-0.2, 0) is 5.41 Å². The van der Waals surface area contributed by atoms with Crippen LogP contribution in [0.5, 0.6) is 11.5 Å². The fraction of sp³-hybridized carbons (Fsp3) is 0.375. The zero-order chi connectivity index (χ0) is 15.6. The maximum atomic E-state index is 6.15. The second kappa shape index (κ2) is 5.90. The zero-order valence-electron chi connectivity index (χ0n) is 12.9. The fourth-order valence-electron chi connectivity index (χ4n) is 1.91. The minimum absolute atomic E-state index is 0.189. The van der Waals surface area contributed by atoms with E-state index in [0.717, 1.165) is 17.0 Å². The van der Waals surface area contributed by atoms with Gasteiger partial charge in [-0.1, -0.05) is 32.4 Å². The molecule has 2 aromatic rings. The Labute approximate surface area is 130 Å². The van der Waals surface area contributed by atoms with Crippen LogP contribution in [0.4, 0.5) is 0 Å². The van der Waals surface area contributed by atoms with Gasteiger partial charge in [-0.05, 0) is 18.2 Å². The second-order valence-electron chi connectivity index (χ2n) is 5.72. The standard InChI is InChI=1S/C16H19ClN2O2/c1-16(2,3)15-18-12(9-14(17)19-15)11-8-10(20-4)6-7-13(11)21-5/h6-9H,1-5H3. The number of aromatic nitrogens is 2. The molecule has 4 nitrogen and oxygen atoms in total. The van der Waals surface area contributed by atoms with Crippen LogP contribution >= 0.6 is 11.6 Å². The summed E-state index contributed by atoms with van der Waals surface area (Å²) >= 11 is 6.15. The molecule has 1 heterocycles. The molecule has 0 saturated heterocycles. The van der Waals surface area contributed by atoms with Gasteiger partial charge in [-0.3, -0.25) is 0 Å². The van der Waals surface area contributed by atoms with Crippen LogP contribution in [0.2, 0.25) is 5.15 Å². The summed E-state index contributed by atoms with van der Waals surface area (Å²) in [6.07, 6.45) is 0. The van der Waals surface area contributed by atoms with E-state index in [1.807, 2.05) is 39.0 Å².